The highest BCUT2D eigenvalue weighted by Crippen LogP contribution is 2.28. The van der Waals surface area contributed by atoms with Gasteiger partial charge in [0.1, 0.15) is 0 Å². The van der Waals surface area contributed by atoms with E-state index in [1.165, 1.54) is 24.1 Å². The van der Waals surface area contributed by atoms with Crippen molar-refractivity contribution in [1.82, 2.24) is 4.98 Å². The highest BCUT2D eigenvalue weighted by molar-refractivity contribution is 5.29. The van der Waals surface area contributed by atoms with E-state index in [4.69, 9.17) is 0 Å². The molecule has 1 aliphatic carbocycles. The average Bonchev–Trinajstić information content (AvgIpc) is 2.19. The molecule has 1 atom stereocenters. The second-order valence-corrected chi connectivity index (χ2v) is 4.21. The Morgan fingerprint density at radius 3 is 3.07 bits per heavy atom. The van der Waals surface area contributed by atoms with Crippen molar-refractivity contribution in [1.29, 1.82) is 0 Å². The van der Waals surface area contributed by atoms with Crippen molar-refractivity contribution < 1.29 is 0 Å². The molecule has 2 rings (SSSR count). The number of aromatic nitrogens is 1. The fourth-order valence-electron chi connectivity index (χ4n) is 2.29. The fourth-order valence-corrected chi connectivity index (χ4v) is 2.29. The molecule has 2 heteroatoms. The predicted molar refractivity (Wildman–Crippen MR) is 57.8 cm³/mol. The molecule has 1 aromatic heterocycles. The van der Waals surface area contributed by atoms with Crippen LogP contribution in [0.2, 0.25) is 0 Å². The molecular weight excluding hydrogens is 174 g/mol. The number of fused-ring (bicyclic) bond motifs is 1. The van der Waals surface area contributed by atoms with Crippen LogP contribution in [0.1, 0.15) is 49.4 Å². The normalized spacial score (nSPS) is 20.6. The van der Waals surface area contributed by atoms with E-state index in [0.29, 0.717) is 5.92 Å². The molecule has 0 saturated heterocycles. The Morgan fingerprint density at radius 2 is 2.36 bits per heavy atom. The van der Waals surface area contributed by atoms with Crippen LogP contribution in [0.3, 0.4) is 0 Å². The number of pyridine rings is 1. The van der Waals surface area contributed by atoms with Gasteiger partial charge in [-0.3, -0.25) is 4.79 Å². The van der Waals surface area contributed by atoms with E-state index in [1.54, 1.807) is 0 Å². The lowest BCUT2D eigenvalue weighted by molar-refractivity contribution is 0.570. The summed E-state index contributed by atoms with van der Waals surface area (Å²) < 4.78 is 0. The van der Waals surface area contributed by atoms with Gasteiger partial charge in [-0.15, -0.1) is 0 Å². The minimum Gasteiger partial charge on any atom is -0.325 e. The Hall–Kier alpha value is -1.05. The van der Waals surface area contributed by atoms with E-state index in [9.17, 15) is 4.79 Å². The molecule has 0 bridgehead atoms. The highest BCUT2D eigenvalue weighted by Gasteiger charge is 2.17. The smallest absolute Gasteiger partial charge is 0.251 e. The number of H-pyrrole nitrogens is 1. The second kappa shape index (κ2) is 3.60. The summed E-state index contributed by atoms with van der Waals surface area (Å²) in [5.74, 6) is 0.525. The van der Waals surface area contributed by atoms with E-state index in [1.807, 2.05) is 6.92 Å². The van der Waals surface area contributed by atoms with Crippen LogP contribution >= 0.6 is 0 Å². The summed E-state index contributed by atoms with van der Waals surface area (Å²) >= 11 is 0. The first-order valence-corrected chi connectivity index (χ1v) is 5.47. The van der Waals surface area contributed by atoms with E-state index in [2.05, 4.69) is 18.0 Å². The van der Waals surface area contributed by atoms with E-state index < -0.39 is 0 Å². The third-order valence-corrected chi connectivity index (χ3v) is 3.19. The third-order valence-electron chi connectivity index (χ3n) is 3.19. The zero-order valence-electron chi connectivity index (χ0n) is 8.89. The number of aryl methyl sites for hydroxylation is 2. The molecule has 0 fully saturated rings. The molecule has 14 heavy (non-hydrogen) atoms. The molecule has 1 aliphatic rings. The lowest BCUT2D eigenvalue weighted by Gasteiger charge is -2.22. The lowest BCUT2D eigenvalue weighted by Crippen LogP contribution is -2.20. The molecule has 0 amide bonds. The summed E-state index contributed by atoms with van der Waals surface area (Å²) in [6, 6.07) is 2.10. The molecule has 1 unspecified atom stereocenters. The first-order chi connectivity index (χ1) is 6.72. The molecule has 1 aromatic rings. The van der Waals surface area contributed by atoms with Crippen LogP contribution in [0.4, 0.5) is 0 Å². The first kappa shape index (κ1) is 9.50. The second-order valence-electron chi connectivity index (χ2n) is 4.21. The van der Waals surface area contributed by atoms with Crippen molar-refractivity contribution in [2.45, 2.75) is 45.4 Å². The zero-order chi connectivity index (χ0) is 10.1. The van der Waals surface area contributed by atoms with Gasteiger partial charge in [0.25, 0.3) is 5.56 Å². The molecule has 1 N–H and O–H groups in total. The van der Waals surface area contributed by atoms with Crippen molar-refractivity contribution in [3.05, 3.63) is 33.2 Å². The summed E-state index contributed by atoms with van der Waals surface area (Å²) in [6.45, 7) is 4.22. The Balaban J connectivity index is 2.54. The molecule has 0 aliphatic heterocycles. The lowest BCUT2D eigenvalue weighted by atomic mass is 9.87. The van der Waals surface area contributed by atoms with Crippen LogP contribution in [0.5, 0.6) is 0 Å². The van der Waals surface area contributed by atoms with Crippen molar-refractivity contribution in [3.8, 4) is 0 Å². The molecular formula is C12H17NO. The van der Waals surface area contributed by atoms with Crippen LogP contribution in [-0.4, -0.2) is 4.98 Å². The molecule has 76 valence electrons. The molecule has 2 nitrogen and oxygen atoms in total. The van der Waals surface area contributed by atoms with Gasteiger partial charge in [-0.1, -0.05) is 13.8 Å². The van der Waals surface area contributed by atoms with Crippen LogP contribution in [-0.2, 0) is 12.8 Å². The summed E-state index contributed by atoms with van der Waals surface area (Å²) in [5, 5.41) is 0. The highest BCUT2D eigenvalue weighted by atomic mass is 16.1. The topological polar surface area (TPSA) is 32.9 Å². The monoisotopic (exact) mass is 191 g/mol. The number of hydrogen-bond acceptors (Lipinski definition) is 1. The van der Waals surface area contributed by atoms with E-state index in [-0.39, 0.29) is 5.56 Å². The minimum absolute atomic E-state index is 0.111. The number of nitrogens with one attached hydrogen (secondary N) is 1. The summed E-state index contributed by atoms with van der Waals surface area (Å²) in [6.07, 6.45) is 4.41. The Labute approximate surface area is 84.4 Å². The van der Waals surface area contributed by atoms with Crippen LogP contribution < -0.4 is 5.56 Å². The predicted octanol–water partition coefficient (Wildman–Crippen LogP) is 2.38. The van der Waals surface area contributed by atoms with Gasteiger partial charge in [0, 0.05) is 11.3 Å². The molecule has 0 aromatic carbocycles. The summed E-state index contributed by atoms with van der Waals surface area (Å²) in [7, 11) is 0. The standard InChI is InChI=1S/C12H17NO/c1-3-9-7-10-6-4-5-8(2)11(10)13-12(9)14/h7-8H,3-6H2,1-2H3,(H,13,14). The maximum absolute atomic E-state index is 11.6. The number of rotatable bonds is 1. The molecule has 0 saturated carbocycles. The van der Waals surface area contributed by atoms with Crippen molar-refractivity contribution in [2.24, 2.45) is 0 Å². The molecule has 1 heterocycles. The van der Waals surface area contributed by atoms with Crippen LogP contribution in [0, 0.1) is 0 Å². The maximum Gasteiger partial charge on any atom is 0.251 e. The van der Waals surface area contributed by atoms with Gasteiger partial charge >= 0.3 is 0 Å². The van der Waals surface area contributed by atoms with Crippen molar-refractivity contribution in [3.63, 3.8) is 0 Å². The summed E-state index contributed by atoms with van der Waals surface area (Å²) in [5.41, 5.74) is 3.58. The Kier molecular flexibility index (Phi) is 2.44. The number of hydrogen-bond donors (Lipinski definition) is 1. The van der Waals surface area contributed by atoms with Gasteiger partial charge in [-0.25, -0.2) is 0 Å². The van der Waals surface area contributed by atoms with Gasteiger partial charge in [0.2, 0.25) is 0 Å². The molecule has 0 radical (unpaired) electrons. The quantitative estimate of drug-likeness (QED) is 0.726. The van der Waals surface area contributed by atoms with E-state index >= 15 is 0 Å². The third kappa shape index (κ3) is 1.49. The number of aromatic amines is 1. The van der Waals surface area contributed by atoms with Gasteiger partial charge in [0.15, 0.2) is 0 Å². The van der Waals surface area contributed by atoms with Gasteiger partial charge in [-0.05, 0) is 43.2 Å². The van der Waals surface area contributed by atoms with Gasteiger partial charge < -0.3 is 4.98 Å². The molecule has 0 spiro atoms. The van der Waals surface area contributed by atoms with Crippen LogP contribution in [0.15, 0.2) is 10.9 Å². The fraction of sp³-hybridized carbons (Fsp3) is 0.583. The SMILES string of the molecule is CCc1cc2c([nH]c1=O)C(C)CCC2. The Morgan fingerprint density at radius 1 is 1.57 bits per heavy atom. The largest absolute Gasteiger partial charge is 0.325 e. The van der Waals surface area contributed by atoms with Crippen molar-refractivity contribution in [2.75, 3.05) is 0 Å². The van der Waals surface area contributed by atoms with Gasteiger partial charge in [0.05, 0.1) is 0 Å². The Bertz CT molecular complexity index is 392. The zero-order valence-corrected chi connectivity index (χ0v) is 8.89. The summed E-state index contributed by atoms with van der Waals surface area (Å²) in [4.78, 5) is 14.7. The first-order valence-electron chi connectivity index (χ1n) is 5.47. The van der Waals surface area contributed by atoms with Gasteiger partial charge in [-0.2, -0.15) is 0 Å². The van der Waals surface area contributed by atoms with Crippen LogP contribution in [0.25, 0.3) is 0 Å². The van der Waals surface area contributed by atoms with E-state index in [0.717, 1.165) is 18.4 Å². The maximum atomic E-state index is 11.6. The average molecular weight is 191 g/mol. The minimum atomic E-state index is 0.111. The van der Waals surface area contributed by atoms with Crippen molar-refractivity contribution >= 4 is 0 Å².